The molecule has 0 aliphatic heterocycles. The topological polar surface area (TPSA) is 64.2 Å². The summed E-state index contributed by atoms with van der Waals surface area (Å²) < 4.78 is 0. The van der Waals surface area contributed by atoms with Gasteiger partial charge in [0.05, 0.1) is 18.6 Å². The number of rotatable bonds is 4. The van der Waals surface area contributed by atoms with Crippen molar-refractivity contribution in [2.24, 2.45) is 0 Å². The molecule has 3 heteroatoms. The molecule has 0 aliphatic carbocycles. The van der Waals surface area contributed by atoms with E-state index in [1.54, 1.807) is 24.3 Å². The minimum atomic E-state index is -1.05. The van der Waals surface area contributed by atoms with Crippen LogP contribution in [0.25, 0.3) is 6.08 Å². The highest BCUT2D eigenvalue weighted by molar-refractivity contribution is 5.48. The van der Waals surface area contributed by atoms with Crippen molar-refractivity contribution in [2.75, 3.05) is 0 Å². The molecule has 0 bridgehead atoms. The van der Waals surface area contributed by atoms with Crippen LogP contribution >= 0.6 is 0 Å². The van der Waals surface area contributed by atoms with Crippen molar-refractivity contribution in [2.45, 2.75) is 18.6 Å². The van der Waals surface area contributed by atoms with Crippen LogP contribution in [-0.2, 0) is 0 Å². The molecular formula is C12H13NO2. The average molecular weight is 203 g/mol. The first-order valence-corrected chi connectivity index (χ1v) is 4.64. The van der Waals surface area contributed by atoms with Crippen LogP contribution in [-0.4, -0.2) is 16.3 Å². The Labute approximate surface area is 88.9 Å². The van der Waals surface area contributed by atoms with Gasteiger partial charge >= 0.3 is 0 Å². The van der Waals surface area contributed by atoms with Gasteiger partial charge in [0, 0.05) is 0 Å². The minimum absolute atomic E-state index is 0.0838. The lowest BCUT2D eigenvalue weighted by Gasteiger charge is -2.15. The van der Waals surface area contributed by atoms with Crippen molar-refractivity contribution in [1.82, 2.24) is 0 Å². The number of aliphatic hydroxyl groups is 2. The molecule has 0 saturated carbocycles. The second-order valence-corrected chi connectivity index (χ2v) is 3.25. The van der Waals surface area contributed by atoms with E-state index in [4.69, 9.17) is 5.26 Å². The summed E-state index contributed by atoms with van der Waals surface area (Å²) in [4.78, 5) is 0. The first kappa shape index (κ1) is 11.4. The van der Waals surface area contributed by atoms with E-state index in [0.717, 1.165) is 5.56 Å². The molecule has 15 heavy (non-hydrogen) atoms. The van der Waals surface area contributed by atoms with Gasteiger partial charge in [-0.1, -0.05) is 30.9 Å². The van der Waals surface area contributed by atoms with Gasteiger partial charge in [-0.15, -0.1) is 0 Å². The first-order valence-electron chi connectivity index (χ1n) is 4.64. The number of nitriles is 1. The van der Waals surface area contributed by atoms with Crippen molar-refractivity contribution in [1.29, 1.82) is 5.26 Å². The molecule has 0 radical (unpaired) electrons. The molecule has 1 aromatic carbocycles. The second kappa shape index (κ2) is 5.30. The summed E-state index contributed by atoms with van der Waals surface area (Å²) in [5.41, 5.74) is 1.46. The number of hydrogen-bond donors (Lipinski definition) is 2. The summed E-state index contributed by atoms with van der Waals surface area (Å²) in [7, 11) is 0. The smallest absolute Gasteiger partial charge is 0.106 e. The molecule has 0 heterocycles. The maximum atomic E-state index is 9.70. The van der Waals surface area contributed by atoms with Crippen molar-refractivity contribution >= 4 is 6.08 Å². The van der Waals surface area contributed by atoms with Crippen LogP contribution in [0.1, 0.15) is 23.7 Å². The molecule has 0 spiro atoms. The summed E-state index contributed by atoms with van der Waals surface area (Å²) in [5.74, 6) is 0. The monoisotopic (exact) mass is 203 g/mol. The molecule has 0 saturated heterocycles. The van der Waals surface area contributed by atoms with Gasteiger partial charge in [0.15, 0.2) is 0 Å². The Morgan fingerprint density at radius 2 is 2.20 bits per heavy atom. The Bertz CT molecular complexity index is 381. The van der Waals surface area contributed by atoms with E-state index in [1.807, 2.05) is 12.1 Å². The number of hydrogen-bond acceptors (Lipinski definition) is 3. The zero-order valence-electron chi connectivity index (χ0n) is 8.30. The van der Waals surface area contributed by atoms with E-state index in [9.17, 15) is 10.2 Å². The van der Waals surface area contributed by atoms with E-state index in [2.05, 4.69) is 6.58 Å². The van der Waals surface area contributed by atoms with Crippen LogP contribution in [0.5, 0.6) is 0 Å². The molecule has 0 fully saturated rings. The lowest BCUT2D eigenvalue weighted by molar-refractivity contribution is 0.0216. The van der Waals surface area contributed by atoms with Gasteiger partial charge in [-0.2, -0.15) is 5.26 Å². The van der Waals surface area contributed by atoms with E-state index in [1.165, 1.54) is 0 Å². The SMILES string of the molecule is C=Cc1cccc(C(O)C(O)CC#N)c1. The fraction of sp³-hybridized carbons (Fsp3) is 0.250. The number of benzene rings is 1. The predicted molar refractivity (Wildman–Crippen MR) is 57.7 cm³/mol. The van der Waals surface area contributed by atoms with Crippen LogP contribution in [0, 0.1) is 11.3 Å². The standard InChI is InChI=1S/C12H13NO2/c1-2-9-4-3-5-10(8-9)12(15)11(14)6-7-13/h2-5,8,11-12,14-15H,1,6H2. The Morgan fingerprint density at radius 3 is 2.80 bits per heavy atom. The molecule has 0 aromatic heterocycles. The highest BCUT2D eigenvalue weighted by atomic mass is 16.3. The molecule has 2 N–H and O–H groups in total. The van der Waals surface area contributed by atoms with Gasteiger partial charge in [-0.25, -0.2) is 0 Å². The highest BCUT2D eigenvalue weighted by Crippen LogP contribution is 2.20. The third-order valence-electron chi connectivity index (χ3n) is 2.15. The van der Waals surface area contributed by atoms with Crippen molar-refractivity contribution in [3.8, 4) is 6.07 Å². The van der Waals surface area contributed by atoms with Crippen molar-refractivity contribution < 1.29 is 10.2 Å². The van der Waals surface area contributed by atoms with Crippen molar-refractivity contribution in [3.05, 3.63) is 42.0 Å². The number of nitrogens with zero attached hydrogens (tertiary/aromatic N) is 1. The Morgan fingerprint density at radius 1 is 1.47 bits per heavy atom. The zero-order chi connectivity index (χ0) is 11.3. The van der Waals surface area contributed by atoms with Crippen LogP contribution < -0.4 is 0 Å². The van der Waals surface area contributed by atoms with Crippen LogP contribution in [0.2, 0.25) is 0 Å². The van der Waals surface area contributed by atoms with Crippen LogP contribution in [0.15, 0.2) is 30.8 Å². The third-order valence-corrected chi connectivity index (χ3v) is 2.15. The van der Waals surface area contributed by atoms with Gasteiger partial charge in [0.25, 0.3) is 0 Å². The normalized spacial score (nSPS) is 13.9. The highest BCUT2D eigenvalue weighted by Gasteiger charge is 2.17. The summed E-state index contributed by atoms with van der Waals surface area (Å²) in [6.07, 6.45) is -0.494. The molecule has 0 amide bonds. The molecule has 78 valence electrons. The Hall–Kier alpha value is -1.63. The van der Waals surface area contributed by atoms with E-state index in [0.29, 0.717) is 5.56 Å². The second-order valence-electron chi connectivity index (χ2n) is 3.25. The number of aliphatic hydroxyl groups excluding tert-OH is 2. The summed E-state index contributed by atoms with van der Waals surface area (Å²) in [6, 6.07) is 8.88. The molecule has 3 nitrogen and oxygen atoms in total. The lowest BCUT2D eigenvalue weighted by atomic mass is 10.0. The van der Waals surface area contributed by atoms with Crippen LogP contribution in [0.4, 0.5) is 0 Å². The predicted octanol–water partition coefficient (Wildman–Crippen LogP) is 1.64. The van der Waals surface area contributed by atoms with Gasteiger partial charge in [-0.05, 0) is 17.2 Å². The molecule has 0 aliphatic rings. The van der Waals surface area contributed by atoms with E-state index >= 15 is 0 Å². The maximum absolute atomic E-state index is 9.70. The fourth-order valence-electron chi connectivity index (χ4n) is 1.30. The van der Waals surface area contributed by atoms with Gasteiger partial charge in [0.1, 0.15) is 6.10 Å². The first-order chi connectivity index (χ1) is 7.19. The zero-order valence-corrected chi connectivity index (χ0v) is 8.30. The lowest BCUT2D eigenvalue weighted by Crippen LogP contribution is -2.17. The molecule has 2 unspecified atom stereocenters. The van der Waals surface area contributed by atoms with E-state index in [-0.39, 0.29) is 6.42 Å². The summed E-state index contributed by atoms with van der Waals surface area (Å²) in [5, 5.41) is 27.5. The molecule has 1 aromatic rings. The molecule has 1 rings (SSSR count). The van der Waals surface area contributed by atoms with Crippen LogP contribution in [0.3, 0.4) is 0 Å². The Balaban J connectivity index is 2.86. The quantitative estimate of drug-likeness (QED) is 0.781. The Kier molecular flexibility index (Phi) is 4.04. The van der Waals surface area contributed by atoms with Gasteiger partial charge in [0.2, 0.25) is 0 Å². The van der Waals surface area contributed by atoms with Gasteiger partial charge < -0.3 is 10.2 Å². The van der Waals surface area contributed by atoms with E-state index < -0.39 is 12.2 Å². The average Bonchev–Trinajstić information content (AvgIpc) is 2.28. The third kappa shape index (κ3) is 2.91. The summed E-state index contributed by atoms with van der Waals surface area (Å²) >= 11 is 0. The largest absolute Gasteiger partial charge is 0.389 e. The van der Waals surface area contributed by atoms with Gasteiger partial charge in [-0.3, -0.25) is 0 Å². The summed E-state index contributed by atoms with van der Waals surface area (Å²) in [6.45, 7) is 3.62. The van der Waals surface area contributed by atoms with Crippen molar-refractivity contribution in [3.63, 3.8) is 0 Å². The molecular weight excluding hydrogens is 190 g/mol. The fourth-order valence-corrected chi connectivity index (χ4v) is 1.30. The molecule has 2 atom stereocenters. The maximum Gasteiger partial charge on any atom is 0.106 e. The minimum Gasteiger partial charge on any atom is -0.389 e.